The van der Waals surface area contributed by atoms with Gasteiger partial charge in [0.25, 0.3) is 17.3 Å². The standard InChI is InChI=1S/C24H21N5O5/c1-17(19-10-12-21(13-11-19)28(31)32)25-27-23(30)16-26(15-18-6-3-2-4-7-18)24(27)20-8-5-9-22(14-20)29(33)34/h2-14,24H,15-16H2,1H3/b25-17-/t24-/m0/s1. The molecule has 10 heteroatoms. The molecular formula is C24H21N5O5. The molecule has 3 aromatic rings. The lowest BCUT2D eigenvalue weighted by molar-refractivity contribution is -0.385. The molecule has 34 heavy (non-hydrogen) atoms. The second kappa shape index (κ2) is 9.59. The maximum Gasteiger partial charge on any atom is 0.269 e. The number of hydrogen-bond acceptors (Lipinski definition) is 7. The van der Waals surface area contributed by atoms with Gasteiger partial charge in [0.05, 0.1) is 22.1 Å². The highest BCUT2D eigenvalue weighted by Crippen LogP contribution is 2.34. The van der Waals surface area contributed by atoms with Crippen molar-refractivity contribution in [3.05, 3.63) is 116 Å². The SMILES string of the molecule is C/C(=N/N1C(=O)CN(Cc2ccccc2)[C@@H]1c1cccc([N+](=O)[O-])c1)c1ccc([N+](=O)[O-])cc1. The molecule has 0 saturated carbocycles. The number of amides is 1. The number of rotatable bonds is 7. The highest BCUT2D eigenvalue weighted by atomic mass is 16.6. The molecule has 0 aliphatic carbocycles. The zero-order valence-corrected chi connectivity index (χ0v) is 18.3. The van der Waals surface area contributed by atoms with Gasteiger partial charge in [-0.25, -0.2) is 5.01 Å². The molecule has 1 amide bonds. The van der Waals surface area contributed by atoms with E-state index in [-0.39, 0.29) is 23.8 Å². The summed E-state index contributed by atoms with van der Waals surface area (Å²) < 4.78 is 0. The van der Waals surface area contributed by atoms with E-state index in [1.165, 1.54) is 29.3 Å². The fourth-order valence-electron chi connectivity index (χ4n) is 3.89. The summed E-state index contributed by atoms with van der Waals surface area (Å²) in [6.07, 6.45) is -0.652. The molecule has 0 aromatic heterocycles. The van der Waals surface area contributed by atoms with E-state index < -0.39 is 16.0 Å². The number of benzene rings is 3. The van der Waals surface area contributed by atoms with Crippen LogP contribution in [0.25, 0.3) is 0 Å². The molecule has 0 unspecified atom stereocenters. The van der Waals surface area contributed by atoms with Crippen molar-refractivity contribution in [1.82, 2.24) is 9.91 Å². The number of carbonyl (C=O) groups excluding carboxylic acids is 1. The first kappa shape index (κ1) is 22.7. The number of nitrogens with zero attached hydrogens (tertiary/aromatic N) is 5. The summed E-state index contributed by atoms with van der Waals surface area (Å²) >= 11 is 0. The minimum Gasteiger partial charge on any atom is -0.271 e. The van der Waals surface area contributed by atoms with Crippen LogP contribution in [0.3, 0.4) is 0 Å². The minimum absolute atomic E-state index is 0.0442. The van der Waals surface area contributed by atoms with Crippen LogP contribution in [-0.2, 0) is 11.3 Å². The van der Waals surface area contributed by atoms with Crippen LogP contribution in [0.1, 0.15) is 29.8 Å². The normalized spacial score (nSPS) is 16.6. The van der Waals surface area contributed by atoms with Crippen LogP contribution < -0.4 is 0 Å². The first-order chi connectivity index (χ1) is 16.3. The number of carbonyl (C=O) groups is 1. The Hall–Kier alpha value is -4.44. The van der Waals surface area contributed by atoms with Gasteiger partial charge in [0, 0.05) is 30.8 Å². The molecule has 1 aliphatic heterocycles. The molecule has 10 nitrogen and oxygen atoms in total. The third-order valence-corrected chi connectivity index (χ3v) is 5.53. The maximum absolute atomic E-state index is 13.0. The fraction of sp³-hybridized carbons (Fsp3) is 0.167. The summed E-state index contributed by atoms with van der Waals surface area (Å²) in [6.45, 7) is 2.24. The van der Waals surface area contributed by atoms with Gasteiger partial charge < -0.3 is 0 Å². The largest absolute Gasteiger partial charge is 0.271 e. The average molecular weight is 459 g/mol. The first-order valence-corrected chi connectivity index (χ1v) is 10.5. The van der Waals surface area contributed by atoms with Crippen LogP contribution in [-0.4, -0.2) is 37.9 Å². The van der Waals surface area contributed by atoms with Crippen molar-refractivity contribution in [3.63, 3.8) is 0 Å². The molecule has 0 N–H and O–H groups in total. The van der Waals surface area contributed by atoms with Gasteiger partial charge in [-0.05, 0) is 35.7 Å². The van der Waals surface area contributed by atoms with Crippen molar-refractivity contribution in [2.24, 2.45) is 5.10 Å². The zero-order valence-electron chi connectivity index (χ0n) is 18.3. The molecule has 3 aromatic carbocycles. The molecule has 172 valence electrons. The summed E-state index contributed by atoms with van der Waals surface area (Å²) in [6, 6.07) is 21.7. The average Bonchev–Trinajstić information content (AvgIpc) is 3.14. The summed E-state index contributed by atoms with van der Waals surface area (Å²) in [4.78, 5) is 36.3. The monoisotopic (exact) mass is 459 g/mol. The smallest absolute Gasteiger partial charge is 0.269 e. The molecule has 1 aliphatic rings. The van der Waals surface area contributed by atoms with Crippen molar-refractivity contribution >= 4 is 23.0 Å². The Bertz CT molecular complexity index is 1260. The zero-order chi connectivity index (χ0) is 24.2. The van der Waals surface area contributed by atoms with Gasteiger partial charge in [-0.1, -0.05) is 42.5 Å². The molecule has 1 atom stereocenters. The highest BCUT2D eigenvalue weighted by molar-refractivity contribution is 5.99. The van der Waals surface area contributed by atoms with E-state index in [9.17, 15) is 25.0 Å². The topological polar surface area (TPSA) is 122 Å². The lowest BCUT2D eigenvalue weighted by Gasteiger charge is -2.27. The van der Waals surface area contributed by atoms with E-state index >= 15 is 0 Å². The number of nitro benzene ring substituents is 2. The van der Waals surface area contributed by atoms with Crippen molar-refractivity contribution in [1.29, 1.82) is 0 Å². The van der Waals surface area contributed by atoms with E-state index in [1.54, 1.807) is 31.2 Å². The molecule has 1 heterocycles. The van der Waals surface area contributed by atoms with Gasteiger partial charge in [-0.2, -0.15) is 5.10 Å². The lowest BCUT2D eigenvalue weighted by atomic mass is 10.1. The van der Waals surface area contributed by atoms with Gasteiger partial charge >= 0.3 is 0 Å². The number of nitro groups is 2. The molecule has 0 spiro atoms. The number of hydrogen-bond donors (Lipinski definition) is 0. The van der Waals surface area contributed by atoms with Crippen LogP contribution >= 0.6 is 0 Å². The summed E-state index contributed by atoms with van der Waals surface area (Å²) in [7, 11) is 0. The van der Waals surface area contributed by atoms with Gasteiger partial charge in [0.1, 0.15) is 6.17 Å². The Balaban J connectivity index is 1.72. The molecule has 0 radical (unpaired) electrons. The van der Waals surface area contributed by atoms with Crippen molar-refractivity contribution in [2.75, 3.05) is 6.54 Å². The summed E-state index contributed by atoms with van der Waals surface area (Å²) in [5, 5.41) is 28.2. The van der Waals surface area contributed by atoms with Gasteiger partial charge in [-0.15, -0.1) is 0 Å². The van der Waals surface area contributed by atoms with Gasteiger partial charge in [0.15, 0.2) is 0 Å². The highest BCUT2D eigenvalue weighted by Gasteiger charge is 2.39. The molecule has 4 rings (SSSR count). The van der Waals surface area contributed by atoms with Gasteiger partial charge in [0.2, 0.25) is 0 Å². The Labute approximate surface area is 195 Å². The Kier molecular flexibility index (Phi) is 6.42. The fourth-order valence-corrected chi connectivity index (χ4v) is 3.89. The van der Waals surface area contributed by atoms with Gasteiger partial charge in [-0.3, -0.25) is 29.9 Å². The Morgan fingerprint density at radius 2 is 1.62 bits per heavy atom. The van der Waals surface area contributed by atoms with E-state index in [0.717, 1.165) is 5.56 Å². The summed E-state index contributed by atoms with van der Waals surface area (Å²) in [5.41, 5.74) is 2.54. The third-order valence-electron chi connectivity index (χ3n) is 5.53. The first-order valence-electron chi connectivity index (χ1n) is 10.5. The lowest BCUT2D eigenvalue weighted by Crippen LogP contribution is -2.29. The number of non-ortho nitro benzene ring substituents is 2. The Morgan fingerprint density at radius 1 is 0.941 bits per heavy atom. The van der Waals surface area contributed by atoms with E-state index in [2.05, 4.69) is 5.10 Å². The van der Waals surface area contributed by atoms with Crippen LogP contribution in [0, 0.1) is 20.2 Å². The molecular weight excluding hydrogens is 438 g/mol. The molecule has 0 bridgehead atoms. The maximum atomic E-state index is 13.0. The van der Waals surface area contributed by atoms with E-state index in [4.69, 9.17) is 0 Å². The van der Waals surface area contributed by atoms with Crippen LogP contribution in [0.5, 0.6) is 0 Å². The third kappa shape index (κ3) is 4.81. The Morgan fingerprint density at radius 3 is 2.26 bits per heavy atom. The van der Waals surface area contributed by atoms with E-state index in [1.807, 2.05) is 35.2 Å². The number of hydrazone groups is 1. The van der Waals surface area contributed by atoms with Crippen molar-refractivity contribution in [3.8, 4) is 0 Å². The van der Waals surface area contributed by atoms with Crippen LogP contribution in [0.2, 0.25) is 0 Å². The predicted octanol–water partition coefficient (Wildman–Crippen LogP) is 4.27. The molecule has 1 saturated heterocycles. The van der Waals surface area contributed by atoms with Crippen molar-refractivity contribution < 1.29 is 14.6 Å². The minimum atomic E-state index is -0.652. The predicted molar refractivity (Wildman–Crippen MR) is 125 cm³/mol. The second-order valence-corrected chi connectivity index (χ2v) is 7.84. The van der Waals surface area contributed by atoms with Crippen LogP contribution in [0.4, 0.5) is 11.4 Å². The van der Waals surface area contributed by atoms with Crippen molar-refractivity contribution in [2.45, 2.75) is 19.6 Å². The van der Waals surface area contributed by atoms with E-state index in [0.29, 0.717) is 23.4 Å². The second-order valence-electron chi connectivity index (χ2n) is 7.84. The quantitative estimate of drug-likeness (QED) is 0.295. The molecule has 1 fully saturated rings. The summed E-state index contributed by atoms with van der Waals surface area (Å²) in [5.74, 6) is -0.256. The van der Waals surface area contributed by atoms with Crippen LogP contribution in [0.15, 0.2) is 84.0 Å².